The summed E-state index contributed by atoms with van der Waals surface area (Å²) in [5.41, 5.74) is 4.10. The average molecular weight is 428 g/mol. The fraction of sp³-hybridized carbons (Fsp3) is 0.0417. The van der Waals surface area contributed by atoms with Gasteiger partial charge in [-0.15, -0.1) is 0 Å². The first-order chi connectivity index (χ1) is 15.2. The number of hydrogen-bond acceptors (Lipinski definition) is 4. The van der Waals surface area contributed by atoms with Crippen molar-refractivity contribution in [2.75, 3.05) is 5.32 Å². The van der Waals surface area contributed by atoms with Crippen LogP contribution in [-0.2, 0) is 6.54 Å². The maximum atomic E-state index is 13.4. The van der Waals surface area contributed by atoms with Crippen molar-refractivity contribution in [1.82, 2.24) is 14.8 Å². The van der Waals surface area contributed by atoms with E-state index < -0.39 is 0 Å². The summed E-state index contributed by atoms with van der Waals surface area (Å²) in [6, 6.07) is 21.8. The van der Waals surface area contributed by atoms with Gasteiger partial charge in [-0.1, -0.05) is 53.8 Å². The third-order valence-corrected chi connectivity index (χ3v) is 5.84. The first-order valence-corrected chi connectivity index (χ1v) is 10.5. The lowest BCUT2D eigenvalue weighted by molar-refractivity contribution is 0.102. The number of hydrogen-bond donors (Lipinski definition) is 1. The fourth-order valence-corrected chi connectivity index (χ4v) is 4.31. The van der Waals surface area contributed by atoms with Crippen LogP contribution in [0.15, 0.2) is 85.2 Å². The van der Waals surface area contributed by atoms with Crippen LogP contribution in [0.1, 0.15) is 15.9 Å². The lowest BCUT2D eigenvalue weighted by Gasteiger charge is -2.10. The molecule has 5 aromatic rings. The molecule has 5 nitrogen and oxygen atoms in total. The van der Waals surface area contributed by atoms with E-state index in [1.807, 2.05) is 59.4 Å². The van der Waals surface area contributed by atoms with E-state index in [1.165, 1.54) is 23.5 Å². The van der Waals surface area contributed by atoms with Gasteiger partial charge in [-0.2, -0.15) is 5.10 Å². The Morgan fingerprint density at radius 2 is 1.87 bits per heavy atom. The molecule has 0 aliphatic carbocycles. The number of aromatic nitrogens is 3. The Kier molecular flexibility index (Phi) is 5.01. The third kappa shape index (κ3) is 4.08. The van der Waals surface area contributed by atoms with Crippen molar-refractivity contribution in [3.05, 3.63) is 102 Å². The summed E-state index contributed by atoms with van der Waals surface area (Å²) < 4.78 is 16.0. The molecule has 0 saturated heterocycles. The number of carbonyl (C=O) groups excluding carboxylic acids is 1. The molecule has 0 bridgehead atoms. The third-order valence-electron chi connectivity index (χ3n) is 4.91. The van der Waals surface area contributed by atoms with Gasteiger partial charge in [-0.3, -0.25) is 14.8 Å². The second-order valence-electron chi connectivity index (χ2n) is 7.03. The smallest absolute Gasteiger partial charge is 0.258 e. The van der Waals surface area contributed by atoms with Crippen LogP contribution in [0.25, 0.3) is 21.3 Å². The van der Waals surface area contributed by atoms with Crippen molar-refractivity contribution in [2.45, 2.75) is 6.54 Å². The van der Waals surface area contributed by atoms with E-state index in [0.29, 0.717) is 27.5 Å². The SMILES string of the molecule is O=C(Nc1nc2ccc(F)cc2s1)c1ccccc1-c1ccc(Cn2cccn2)cc1. The molecule has 7 heteroatoms. The lowest BCUT2D eigenvalue weighted by Crippen LogP contribution is -2.12. The molecule has 0 unspecified atom stereocenters. The maximum Gasteiger partial charge on any atom is 0.258 e. The number of fused-ring (bicyclic) bond motifs is 1. The molecule has 0 saturated carbocycles. The van der Waals surface area contributed by atoms with Gasteiger partial charge in [-0.05, 0) is 47.0 Å². The van der Waals surface area contributed by atoms with E-state index in [0.717, 1.165) is 16.7 Å². The van der Waals surface area contributed by atoms with Gasteiger partial charge in [0.05, 0.1) is 16.8 Å². The molecule has 1 amide bonds. The van der Waals surface area contributed by atoms with E-state index in [-0.39, 0.29) is 11.7 Å². The van der Waals surface area contributed by atoms with Crippen molar-refractivity contribution in [3.63, 3.8) is 0 Å². The average Bonchev–Trinajstić information content (AvgIpc) is 3.43. The van der Waals surface area contributed by atoms with Crippen LogP contribution in [0.4, 0.5) is 9.52 Å². The van der Waals surface area contributed by atoms with E-state index in [1.54, 1.807) is 18.3 Å². The van der Waals surface area contributed by atoms with Gasteiger partial charge in [0.1, 0.15) is 5.82 Å². The minimum Gasteiger partial charge on any atom is -0.298 e. The molecule has 0 fully saturated rings. The van der Waals surface area contributed by atoms with Crippen molar-refractivity contribution >= 4 is 32.6 Å². The quantitative estimate of drug-likeness (QED) is 0.396. The summed E-state index contributed by atoms with van der Waals surface area (Å²) in [7, 11) is 0. The molecular weight excluding hydrogens is 411 g/mol. The van der Waals surface area contributed by atoms with Crippen LogP contribution in [0.3, 0.4) is 0 Å². The predicted molar refractivity (Wildman–Crippen MR) is 121 cm³/mol. The van der Waals surface area contributed by atoms with Crippen molar-refractivity contribution in [3.8, 4) is 11.1 Å². The Bertz CT molecular complexity index is 1360. The molecule has 0 spiro atoms. The number of benzene rings is 3. The highest BCUT2D eigenvalue weighted by molar-refractivity contribution is 7.22. The van der Waals surface area contributed by atoms with Gasteiger partial charge < -0.3 is 0 Å². The molecule has 2 aromatic heterocycles. The summed E-state index contributed by atoms with van der Waals surface area (Å²) in [6.45, 7) is 0.688. The van der Waals surface area contributed by atoms with Crippen molar-refractivity contribution < 1.29 is 9.18 Å². The summed E-state index contributed by atoms with van der Waals surface area (Å²) in [5.74, 6) is -0.578. The number of anilines is 1. The van der Waals surface area contributed by atoms with Gasteiger partial charge >= 0.3 is 0 Å². The van der Waals surface area contributed by atoms with E-state index in [9.17, 15) is 9.18 Å². The number of thiazole rings is 1. The standard InChI is InChI=1S/C24H17FN4OS/c25-18-10-11-21-22(14-18)31-24(27-21)28-23(30)20-5-2-1-4-19(20)17-8-6-16(7-9-17)15-29-13-3-12-26-29/h1-14H,15H2,(H,27,28,30). The second-order valence-corrected chi connectivity index (χ2v) is 8.06. The minimum atomic E-state index is -0.324. The van der Waals surface area contributed by atoms with Crippen LogP contribution in [-0.4, -0.2) is 20.7 Å². The molecule has 152 valence electrons. The highest BCUT2D eigenvalue weighted by Crippen LogP contribution is 2.29. The molecule has 0 aliphatic heterocycles. The largest absolute Gasteiger partial charge is 0.298 e. The van der Waals surface area contributed by atoms with Crippen molar-refractivity contribution in [2.24, 2.45) is 0 Å². The van der Waals surface area contributed by atoms with Crippen LogP contribution >= 0.6 is 11.3 Å². The number of nitrogens with one attached hydrogen (secondary N) is 1. The number of halogens is 1. The second kappa shape index (κ2) is 8.12. The topological polar surface area (TPSA) is 59.8 Å². The van der Waals surface area contributed by atoms with Crippen LogP contribution in [0, 0.1) is 5.82 Å². The van der Waals surface area contributed by atoms with Crippen LogP contribution < -0.4 is 5.32 Å². The normalized spacial score (nSPS) is 11.0. The molecule has 5 rings (SSSR count). The summed E-state index contributed by atoms with van der Waals surface area (Å²) in [4.78, 5) is 17.4. The summed E-state index contributed by atoms with van der Waals surface area (Å²) in [5, 5.41) is 7.52. The zero-order valence-electron chi connectivity index (χ0n) is 16.3. The van der Waals surface area contributed by atoms with Crippen molar-refractivity contribution in [1.29, 1.82) is 0 Å². The van der Waals surface area contributed by atoms with E-state index >= 15 is 0 Å². The Labute approximate surface area is 181 Å². The fourth-order valence-electron chi connectivity index (χ4n) is 3.42. The molecule has 0 atom stereocenters. The number of rotatable bonds is 5. The lowest BCUT2D eigenvalue weighted by atomic mass is 9.98. The molecule has 2 heterocycles. The Hall–Kier alpha value is -3.84. The molecule has 1 N–H and O–H groups in total. The van der Waals surface area contributed by atoms with Crippen LogP contribution in [0.5, 0.6) is 0 Å². The summed E-state index contributed by atoms with van der Waals surface area (Å²) >= 11 is 1.25. The van der Waals surface area contributed by atoms with Crippen LogP contribution in [0.2, 0.25) is 0 Å². The highest BCUT2D eigenvalue weighted by Gasteiger charge is 2.15. The Morgan fingerprint density at radius 3 is 2.68 bits per heavy atom. The van der Waals surface area contributed by atoms with Gasteiger partial charge in [0.2, 0.25) is 0 Å². The number of carbonyl (C=O) groups is 1. The molecule has 0 aliphatic rings. The Balaban J connectivity index is 1.39. The van der Waals surface area contributed by atoms with E-state index in [4.69, 9.17) is 0 Å². The van der Waals surface area contributed by atoms with Gasteiger partial charge in [0.25, 0.3) is 5.91 Å². The maximum absolute atomic E-state index is 13.4. The zero-order valence-corrected chi connectivity index (χ0v) is 17.1. The molecule has 3 aromatic carbocycles. The van der Waals surface area contributed by atoms with Gasteiger partial charge in [0.15, 0.2) is 5.13 Å². The molecule has 0 radical (unpaired) electrons. The zero-order chi connectivity index (χ0) is 21.2. The predicted octanol–water partition coefficient (Wildman–Crippen LogP) is 5.60. The van der Waals surface area contributed by atoms with E-state index in [2.05, 4.69) is 15.4 Å². The molecular formula is C24H17FN4OS. The molecule has 31 heavy (non-hydrogen) atoms. The first-order valence-electron chi connectivity index (χ1n) is 9.69. The minimum absolute atomic E-state index is 0.254. The number of amides is 1. The van der Waals surface area contributed by atoms with Gasteiger partial charge in [0, 0.05) is 18.0 Å². The Morgan fingerprint density at radius 1 is 1.03 bits per heavy atom. The first kappa shape index (κ1) is 19.1. The summed E-state index contributed by atoms with van der Waals surface area (Å²) in [6.07, 6.45) is 3.68. The van der Waals surface area contributed by atoms with Gasteiger partial charge in [-0.25, -0.2) is 9.37 Å². The number of nitrogens with zero attached hydrogens (tertiary/aromatic N) is 3. The highest BCUT2D eigenvalue weighted by atomic mass is 32.1. The monoisotopic (exact) mass is 428 g/mol.